The van der Waals surface area contributed by atoms with Crippen LogP contribution in [0, 0.1) is 0 Å². The van der Waals surface area contributed by atoms with E-state index in [0.29, 0.717) is 31.3 Å². The predicted molar refractivity (Wildman–Crippen MR) is 115 cm³/mol. The molecule has 2 aromatic rings. The molecule has 6 nitrogen and oxygen atoms in total. The molecule has 1 fully saturated rings. The van der Waals surface area contributed by atoms with E-state index >= 15 is 0 Å². The molecule has 0 N–H and O–H groups in total. The highest BCUT2D eigenvalue weighted by atomic mass is 32.2. The van der Waals surface area contributed by atoms with Gasteiger partial charge in [-0.05, 0) is 50.5 Å². The van der Waals surface area contributed by atoms with Gasteiger partial charge in [-0.3, -0.25) is 0 Å². The predicted octanol–water partition coefficient (Wildman–Crippen LogP) is 3.90. The third kappa shape index (κ3) is 4.85. The summed E-state index contributed by atoms with van der Waals surface area (Å²) in [5, 5.41) is 0. The highest BCUT2D eigenvalue weighted by molar-refractivity contribution is 7.89. The van der Waals surface area contributed by atoms with Crippen LogP contribution in [-0.2, 0) is 16.6 Å². The van der Waals surface area contributed by atoms with Crippen LogP contribution in [0.3, 0.4) is 0 Å². The molecule has 0 radical (unpaired) electrons. The molecular formula is C22H30N2O4S. The molecule has 0 bridgehead atoms. The van der Waals surface area contributed by atoms with Crippen LogP contribution in [-0.4, -0.2) is 46.1 Å². The van der Waals surface area contributed by atoms with Crippen LogP contribution in [0.5, 0.6) is 11.5 Å². The summed E-state index contributed by atoms with van der Waals surface area (Å²) >= 11 is 0. The molecule has 1 aliphatic heterocycles. The Kier molecular flexibility index (Phi) is 7.03. The first kappa shape index (κ1) is 21.5. The van der Waals surface area contributed by atoms with Gasteiger partial charge in [0, 0.05) is 38.4 Å². The first-order valence-corrected chi connectivity index (χ1v) is 11.6. The minimum absolute atomic E-state index is 0.200. The van der Waals surface area contributed by atoms with Gasteiger partial charge in [0.15, 0.2) is 11.5 Å². The number of hydrogen-bond acceptors (Lipinski definition) is 5. The van der Waals surface area contributed by atoms with Crippen molar-refractivity contribution in [2.24, 2.45) is 0 Å². The molecule has 2 aromatic carbocycles. The summed E-state index contributed by atoms with van der Waals surface area (Å²) in [4.78, 5) is 2.53. The molecule has 0 aromatic heterocycles. The van der Waals surface area contributed by atoms with Crippen molar-refractivity contribution in [3.05, 3.63) is 48.0 Å². The minimum atomic E-state index is -3.67. The van der Waals surface area contributed by atoms with Gasteiger partial charge in [-0.15, -0.1) is 0 Å². The van der Waals surface area contributed by atoms with Gasteiger partial charge in [0.05, 0.1) is 18.1 Å². The van der Waals surface area contributed by atoms with Gasteiger partial charge in [-0.25, -0.2) is 8.42 Å². The van der Waals surface area contributed by atoms with Crippen LogP contribution < -0.4 is 14.4 Å². The highest BCUT2D eigenvalue weighted by Gasteiger charge is 2.25. The molecular weight excluding hydrogens is 388 g/mol. The Morgan fingerprint density at radius 2 is 1.62 bits per heavy atom. The first-order chi connectivity index (χ1) is 14.0. The van der Waals surface area contributed by atoms with Crippen LogP contribution in [0.15, 0.2) is 47.4 Å². The van der Waals surface area contributed by atoms with Gasteiger partial charge < -0.3 is 14.4 Å². The monoisotopic (exact) mass is 418 g/mol. The average Bonchev–Trinajstić information content (AvgIpc) is 3.24. The van der Waals surface area contributed by atoms with E-state index in [0.717, 1.165) is 24.3 Å². The second kappa shape index (κ2) is 9.50. The third-order valence-electron chi connectivity index (χ3n) is 5.05. The molecule has 29 heavy (non-hydrogen) atoms. The Bertz CT molecular complexity index is 924. The van der Waals surface area contributed by atoms with Crippen molar-refractivity contribution in [1.82, 2.24) is 4.31 Å². The average molecular weight is 419 g/mol. The molecule has 0 aliphatic carbocycles. The van der Waals surface area contributed by atoms with E-state index in [9.17, 15) is 8.42 Å². The molecule has 0 atom stereocenters. The van der Waals surface area contributed by atoms with Gasteiger partial charge in [-0.1, -0.05) is 18.2 Å². The van der Waals surface area contributed by atoms with Crippen molar-refractivity contribution >= 4 is 15.7 Å². The summed E-state index contributed by atoms with van der Waals surface area (Å²) in [6, 6.07) is 12.8. The van der Waals surface area contributed by atoms with Gasteiger partial charge in [-0.2, -0.15) is 4.31 Å². The van der Waals surface area contributed by atoms with E-state index in [2.05, 4.69) is 11.0 Å². The number of nitrogens with zero attached hydrogens (tertiary/aromatic N) is 2. The summed E-state index contributed by atoms with van der Waals surface area (Å²) < 4.78 is 39.0. The van der Waals surface area contributed by atoms with Crippen LogP contribution >= 0.6 is 0 Å². The lowest BCUT2D eigenvalue weighted by molar-refractivity contribution is 0.287. The first-order valence-electron chi connectivity index (χ1n) is 10.2. The van der Waals surface area contributed by atoms with Gasteiger partial charge in [0.2, 0.25) is 10.0 Å². The summed E-state index contributed by atoms with van der Waals surface area (Å²) in [5.74, 6) is 0.997. The number of benzene rings is 2. The normalized spacial score (nSPS) is 14.4. The smallest absolute Gasteiger partial charge is 0.243 e. The molecule has 3 rings (SSSR count). The number of para-hydroxylation sites is 1. The van der Waals surface area contributed by atoms with Crippen molar-refractivity contribution in [2.75, 3.05) is 38.3 Å². The lowest BCUT2D eigenvalue weighted by Gasteiger charge is -2.24. The van der Waals surface area contributed by atoms with Crippen LogP contribution in [0.4, 0.5) is 5.69 Å². The number of anilines is 1. The Hall–Kier alpha value is -2.25. The topological polar surface area (TPSA) is 59.1 Å². The lowest BCUT2D eigenvalue weighted by Crippen LogP contribution is -2.28. The van der Waals surface area contributed by atoms with Crippen molar-refractivity contribution in [1.29, 1.82) is 0 Å². The van der Waals surface area contributed by atoms with Crippen molar-refractivity contribution in [2.45, 2.75) is 38.1 Å². The van der Waals surface area contributed by atoms with E-state index in [4.69, 9.17) is 9.47 Å². The molecule has 0 unspecified atom stereocenters. The third-order valence-corrected chi connectivity index (χ3v) is 6.85. The van der Waals surface area contributed by atoms with Crippen molar-refractivity contribution in [3.63, 3.8) is 0 Å². The Labute approximate surface area is 174 Å². The molecule has 1 heterocycles. The maximum atomic E-state index is 13.2. The number of sulfonamides is 1. The fraction of sp³-hybridized carbons (Fsp3) is 0.455. The Balaban J connectivity index is 1.86. The largest absolute Gasteiger partial charge is 0.490 e. The fourth-order valence-electron chi connectivity index (χ4n) is 3.61. The van der Waals surface area contributed by atoms with Gasteiger partial charge in [0.1, 0.15) is 0 Å². The zero-order chi connectivity index (χ0) is 20.9. The summed E-state index contributed by atoms with van der Waals surface area (Å²) in [7, 11) is -2.05. The molecule has 1 saturated heterocycles. The molecule has 0 spiro atoms. The zero-order valence-electron chi connectivity index (χ0n) is 17.4. The Morgan fingerprint density at radius 1 is 0.966 bits per heavy atom. The number of rotatable bonds is 9. The Morgan fingerprint density at radius 3 is 2.31 bits per heavy atom. The van der Waals surface area contributed by atoms with E-state index in [-0.39, 0.29) is 4.90 Å². The van der Waals surface area contributed by atoms with Crippen LogP contribution in [0.25, 0.3) is 0 Å². The zero-order valence-corrected chi connectivity index (χ0v) is 18.2. The van der Waals surface area contributed by atoms with Crippen molar-refractivity contribution in [3.8, 4) is 11.5 Å². The SMILES string of the molecule is CCOc1ccc(S(=O)(=O)N(C)Cc2ccccc2N2CCCC2)cc1OCC. The molecule has 1 aliphatic rings. The lowest BCUT2D eigenvalue weighted by atomic mass is 10.1. The van der Waals surface area contributed by atoms with Gasteiger partial charge in [0.25, 0.3) is 0 Å². The summed E-state index contributed by atoms with van der Waals surface area (Å²) in [6.07, 6.45) is 2.35. The summed E-state index contributed by atoms with van der Waals surface area (Å²) in [6.45, 7) is 7.01. The minimum Gasteiger partial charge on any atom is -0.490 e. The second-order valence-corrected chi connectivity index (χ2v) is 9.10. The van der Waals surface area contributed by atoms with E-state index < -0.39 is 10.0 Å². The fourth-order valence-corrected chi connectivity index (χ4v) is 4.77. The maximum Gasteiger partial charge on any atom is 0.243 e. The number of hydrogen-bond donors (Lipinski definition) is 0. The molecule has 0 amide bonds. The molecule has 7 heteroatoms. The van der Waals surface area contributed by atoms with Crippen LogP contribution in [0.2, 0.25) is 0 Å². The second-order valence-electron chi connectivity index (χ2n) is 7.06. The molecule has 158 valence electrons. The summed E-state index contributed by atoms with van der Waals surface area (Å²) in [5.41, 5.74) is 2.13. The van der Waals surface area contributed by atoms with Crippen molar-refractivity contribution < 1.29 is 17.9 Å². The number of ether oxygens (including phenoxy) is 2. The van der Waals surface area contributed by atoms with Crippen LogP contribution in [0.1, 0.15) is 32.3 Å². The van der Waals surface area contributed by atoms with E-state index in [1.165, 1.54) is 17.1 Å². The maximum absolute atomic E-state index is 13.2. The van der Waals surface area contributed by atoms with Gasteiger partial charge >= 0.3 is 0 Å². The molecule has 0 saturated carbocycles. The van der Waals surface area contributed by atoms with E-state index in [1.807, 2.05) is 32.0 Å². The van der Waals surface area contributed by atoms with E-state index in [1.54, 1.807) is 25.2 Å². The standard InChI is InChI=1S/C22H30N2O4S/c1-4-27-21-13-12-19(16-22(21)28-5-2)29(25,26)23(3)17-18-10-6-7-11-20(18)24-14-8-9-15-24/h6-7,10-13,16H,4-5,8-9,14-15,17H2,1-3H3. The highest BCUT2D eigenvalue weighted by Crippen LogP contribution is 2.32. The quantitative estimate of drug-likeness (QED) is 0.618.